The number of ether oxygens (including phenoxy) is 1. The molecule has 1 fully saturated rings. The van der Waals surface area contributed by atoms with Crippen LogP contribution in [0.4, 0.5) is 0 Å². The molecule has 0 unspecified atom stereocenters. The van der Waals surface area contributed by atoms with E-state index in [4.69, 9.17) is 4.74 Å². The first-order valence-corrected chi connectivity index (χ1v) is 6.39. The zero-order valence-electron chi connectivity index (χ0n) is 11.6. The summed E-state index contributed by atoms with van der Waals surface area (Å²) in [6, 6.07) is -0.380. The summed E-state index contributed by atoms with van der Waals surface area (Å²) in [6.45, 7) is 6.35. The fourth-order valence-corrected chi connectivity index (χ4v) is 2.39. The Bertz CT molecular complexity index is 287. The SMILES string of the molecule is COC[C@H]1C[C@@H](NC(=O)CC(C)(C)C)[C@H](O)[C@@H]1O. The molecule has 4 atom stereocenters. The summed E-state index contributed by atoms with van der Waals surface area (Å²) in [6.07, 6.45) is -0.785. The van der Waals surface area contributed by atoms with Crippen molar-refractivity contribution in [2.24, 2.45) is 11.3 Å². The van der Waals surface area contributed by atoms with Crippen molar-refractivity contribution in [3.8, 4) is 0 Å². The van der Waals surface area contributed by atoms with Gasteiger partial charge in [0.2, 0.25) is 5.91 Å². The molecule has 0 radical (unpaired) electrons. The zero-order valence-corrected chi connectivity index (χ0v) is 11.6. The first kappa shape index (κ1) is 15.4. The van der Waals surface area contributed by atoms with Crippen molar-refractivity contribution in [3.63, 3.8) is 0 Å². The van der Waals surface area contributed by atoms with Crippen molar-refractivity contribution in [1.82, 2.24) is 5.32 Å². The van der Waals surface area contributed by atoms with E-state index < -0.39 is 12.2 Å². The number of hydrogen-bond donors (Lipinski definition) is 3. The van der Waals surface area contributed by atoms with E-state index in [2.05, 4.69) is 5.32 Å². The van der Waals surface area contributed by atoms with Gasteiger partial charge in [-0.2, -0.15) is 0 Å². The van der Waals surface area contributed by atoms with Crippen molar-refractivity contribution in [2.75, 3.05) is 13.7 Å². The Morgan fingerprint density at radius 1 is 1.33 bits per heavy atom. The van der Waals surface area contributed by atoms with Crippen LogP contribution < -0.4 is 5.32 Å². The topological polar surface area (TPSA) is 78.8 Å². The second kappa shape index (κ2) is 5.99. The number of nitrogens with one attached hydrogen (secondary N) is 1. The summed E-state index contributed by atoms with van der Waals surface area (Å²) in [7, 11) is 1.56. The average Bonchev–Trinajstić information content (AvgIpc) is 2.45. The van der Waals surface area contributed by atoms with Crippen LogP contribution in [0.2, 0.25) is 0 Å². The Labute approximate surface area is 109 Å². The number of rotatable bonds is 4. The van der Waals surface area contributed by atoms with Gasteiger partial charge in [-0.25, -0.2) is 0 Å². The maximum absolute atomic E-state index is 11.8. The van der Waals surface area contributed by atoms with Crippen LogP contribution in [0.5, 0.6) is 0 Å². The highest BCUT2D eigenvalue weighted by atomic mass is 16.5. The van der Waals surface area contributed by atoms with Gasteiger partial charge in [-0.1, -0.05) is 20.8 Å². The second-order valence-electron chi connectivity index (χ2n) is 6.34. The van der Waals surface area contributed by atoms with Gasteiger partial charge in [0, 0.05) is 19.4 Å². The van der Waals surface area contributed by atoms with Crippen molar-refractivity contribution in [3.05, 3.63) is 0 Å². The van der Waals surface area contributed by atoms with Gasteiger partial charge in [0.15, 0.2) is 0 Å². The van der Waals surface area contributed by atoms with E-state index in [1.807, 2.05) is 20.8 Å². The Hall–Kier alpha value is -0.650. The van der Waals surface area contributed by atoms with E-state index in [-0.39, 0.29) is 23.3 Å². The third-order valence-electron chi connectivity index (χ3n) is 3.22. The molecule has 0 aromatic heterocycles. The summed E-state index contributed by atoms with van der Waals surface area (Å²) < 4.78 is 4.99. The molecule has 0 aliphatic heterocycles. The summed E-state index contributed by atoms with van der Waals surface area (Å²) in [4.78, 5) is 11.8. The molecule has 106 valence electrons. The van der Waals surface area contributed by atoms with Crippen LogP contribution in [0.15, 0.2) is 0 Å². The molecule has 1 rings (SSSR count). The van der Waals surface area contributed by atoms with E-state index in [1.165, 1.54) is 0 Å². The predicted octanol–water partition coefficient (Wildman–Crippen LogP) is 0.295. The molecule has 0 spiro atoms. The maximum atomic E-state index is 11.8. The number of hydrogen-bond acceptors (Lipinski definition) is 4. The summed E-state index contributed by atoms with van der Waals surface area (Å²) >= 11 is 0. The summed E-state index contributed by atoms with van der Waals surface area (Å²) in [5, 5.41) is 22.5. The van der Waals surface area contributed by atoms with Gasteiger partial charge in [-0.3, -0.25) is 4.79 Å². The number of amides is 1. The fourth-order valence-electron chi connectivity index (χ4n) is 2.39. The standard InChI is InChI=1S/C13H25NO4/c1-13(2,3)6-10(15)14-9-5-8(7-18-4)11(16)12(9)17/h8-9,11-12,16-17H,5-7H2,1-4H3,(H,14,15)/t8-,9-,11-,12+/m1/s1. The van der Waals surface area contributed by atoms with Crippen LogP contribution in [-0.2, 0) is 9.53 Å². The lowest BCUT2D eigenvalue weighted by atomic mass is 9.92. The van der Waals surface area contributed by atoms with Crippen LogP contribution in [0.3, 0.4) is 0 Å². The molecule has 1 aliphatic rings. The van der Waals surface area contributed by atoms with Crippen molar-refractivity contribution in [1.29, 1.82) is 0 Å². The Morgan fingerprint density at radius 3 is 2.44 bits per heavy atom. The third-order valence-corrected chi connectivity index (χ3v) is 3.22. The monoisotopic (exact) mass is 259 g/mol. The molecular weight excluding hydrogens is 234 g/mol. The number of methoxy groups -OCH3 is 1. The van der Waals surface area contributed by atoms with Gasteiger partial charge >= 0.3 is 0 Å². The van der Waals surface area contributed by atoms with Crippen molar-refractivity contribution < 1.29 is 19.7 Å². The van der Waals surface area contributed by atoms with Gasteiger partial charge in [-0.05, 0) is 11.8 Å². The summed E-state index contributed by atoms with van der Waals surface area (Å²) in [5.74, 6) is -0.207. The molecule has 0 aromatic rings. The quantitative estimate of drug-likeness (QED) is 0.678. The number of carbonyl (C=O) groups is 1. The molecule has 1 saturated carbocycles. The molecule has 0 aromatic carbocycles. The minimum atomic E-state index is -0.908. The molecule has 1 aliphatic carbocycles. The highest BCUT2D eigenvalue weighted by Gasteiger charge is 2.42. The Balaban J connectivity index is 2.50. The molecule has 18 heavy (non-hydrogen) atoms. The van der Waals surface area contributed by atoms with E-state index in [0.29, 0.717) is 19.4 Å². The normalized spacial score (nSPS) is 32.6. The Morgan fingerprint density at radius 2 is 1.94 bits per heavy atom. The lowest BCUT2D eigenvalue weighted by Crippen LogP contribution is -2.43. The molecule has 3 N–H and O–H groups in total. The molecule has 1 amide bonds. The number of carbonyl (C=O) groups excluding carboxylic acids is 1. The molecule has 0 heterocycles. The Kier molecular flexibility index (Phi) is 5.13. The fraction of sp³-hybridized carbons (Fsp3) is 0.923. The molecule has 5 nitrogen and oxygen atoms in total. The van der Waals surface area contributed by atoms with Crippen LogP contribution >= 0.6 is 0 Å². The van der Waals surface area contributed by atoms with Crippen LogP contribution in [0.1, 0.15) is 33.6 Å². The number of aliphatic hydroxyl groups excluding tert-OH is 2. The van der Waals surface area contributed by atoms with E-state index in [9.17, 15) is 15.0 Å². The lowest BCUT2D eigenvalue weighted by molar-refractivity contribution is -0.124. The molecule has 0 bridgehead atoms. The minimum Gasteiger partial charge on any atom is -0.390 e. The van der Waals surface area contributed by atoms with Crippen LogP contribution in [-0.4, -0.2) is 48.1 Å². The van der Waals surface area contributed by atoms with Crippen LogP contribution in [0, 0.1) is 11.3 Å². The minimum absolute atomic E-state index is 0.0851. The van der Waals surface area contributed by atoms with Crippen molar-refractivity contribution >= 4 is 5.91 Å². The molecule has 5 heteroatoms. The van der Waals surface area contributed by atoms with Gasteiger partial charge in [-0.15, -0.1) is 0 Å². The highest BCUT2D eigenvalue weighted by Crippen LogP contribution is 2.27. The van der Waals surface area contributed by atoms with E-state index >= 15 is 0 Å². The second-order valence-corrected chi connectivity index (χ2v) is 6.34. The maximum Gasteiger partial charge on any atom is 0.220 e. The summed E-state index contributed by atoms with van der Waals surface area (Å²) in [5.41, 5.74) is -0.0851. The smallest absolute Gasteiger partial charge is 0.220 e. The van der Waals surface area contributed by atoms with E-state index in [0.717, 1.165) is 0 Å². The first-order valence-electron chi connectivity index (χ1n) is 6.39. The predicted molar refractivity (Wildman–Crippen MR) is 68.0 cm³/mol. The van der Waals surface area contributed by atoms with Crippen LogP contribution in [0.25, 0.3) is 0 Å². The molecule has 0 saturated heterocycles. The third kappa shape index (κ3) is 4.23. The van der Waals surface area contributed by atoms with Gasteiger partial charge in [0.25, 0.3) is 0 Å². The van der Waals surface area contributed by atoms with E-state index in [1.54, 1.807) is 7.11 Å². The average molecular weight is 259 g/mol. The molecular formula is C13H25NO4. The lowest BCUT2D eigenvalue weighted by Gasteiger charge is -2.22. The first-order chi connectivity index (χ1) is 8.24. The van der Waals surface area contributed by atoms with Crippen molar-refractivity contribution in [2.45, 2.75) is 51.9 Å². The highest BCUT2D eigenvalue weighted by molar-refractivity contribution is 5.77. The number of aliphatic hydroxyl groups is 2. The van der Waals surface area contributed by atoms with Gasteiger partial charge in [0.05, 0.1) is 18.8 Å². The van der Waals surface area contributed by atoms with Gasteiger partial charge in [0.1, 0.15) is 6.10 Å². The van der Waals surface area contributed by atoms with Gasteiger partial charge < -0.3 is 20.3 Å². The largest absolute Gasteiger partial charge is 0.390 e. The zero-order chi connectivity index (χ0) is 13.9.